The molecule has 0 bridgehead atoms. The number of nitrogens with one attached hydrogen (secondary N) is 2. The number of imidazole rings is 1. The number of nitrogen functional groups attached to an aromatic ring is 1. The summed E-state index contributed by atoms with van der Waals surface area (Å²) in [6.07, 6.45) is 4.35. The van der Waals surface area contributed by atoms with Crippen molar-refractivity contribution in [2.24, 2.45) is 0 Å². The van der Waals surface area contributed by atoms with Crippen LogP contribution >= 0.6 is 11.8 Å². The van der Waals surface area contributed by atoms with E-state index >= 15 is 0 Å². The SMILES string of the molecule is Nc1ncnc2nc[nH]c12.OC1CO[C@@H](CSCCNc2ccncn2)C1O. The third-order valence-corrected chi connectivity index (χ3v) is 4.98. The van der Waals surface area contributed by atoms with Crippen LogP contribution in [0.15, 0.2) is 31.2 Å². The first-order chi connectivity index (χ1) is 13.6. The summed E-state index contributed by atoms with van der Waals surface area (Å²) < 4.78 is 5.28. The zero-order valence-corrected chi connectivity index (χ0v) is 15.8. The number of aliphatic hydroxyl groups excluding tert-OH is 2. The molecule has 4 heterocycles. The highest BCUT2D eigenvalue weighted by molar-refractivity contribution is 7.99. The summed E-state index contributed by atoms with van der Waals surface area (Å²) in [5.41, 5.74) is 6.78. The molecule has 0 aromatic carbocycles. The number of aromatic amines is 1. The second-order valence-electron chi connectivity index (χ2n) is 5.89. The minimum absolute atomic E-state index is 0.228. The fourth-order valence-electron chi connectivity index (χ4n) is 2.44. The van der Waals surface area contributed by atoms with E-state index in [2.05, 4.69) is 35.2 Å². The Morgan fingerprint density at radius 1 is 1.25 bits per heavy atom. The number of fused-ring (bicyclic) bond motifs is 1. The molecule has 3 atom stereocenters. The van der Waals surface area contributed by atoms with E-state index in [4.69, 9.17) is 10.5 Å². The van der Waals surface area contributed by atoms with Crippen molar-refractivity contribution >= 4 is 34.6 Å². The van der Waals surface area contributed by atoms with Gasteiger partial charge in [0, 0.05) is 24.2 Å². The topological polar surface area (TPSA) is 168 Å². The first kappa shape index (κ1) is 20.2. The molecule has 0 spiro atoms. The van der Waals surface area contributed by atoms with E-state index in [1.165, 1.54) is 19.0 Å². The minimum Gasteiger partial charge on any atom is -0.388 e. The molecular weight excluding hydrogens is 384 g/mol. The molecule has 4 rings (SSSR count). The summed E-state index contributed by atoms with van der Waals surface area (Å²) >= 11 is 1.67. The van der Waals surface area contributed by atoms with Gasteiger partial charge in [-0.1, -0.05) is 0 Å². The summed E-state index contributed by atoms with van der Waals surface area (Å²) in [5, 5.41) is 22.0. The molecule has 11 nitrogen and oxygen atoms in total. The zero-order valence-electron chi connectivity index (χ0n) is 15.0. The van der Waals surface area contributed by atoms with Crippen LogP contribution in [0.3, 0.4) is 0 Å². The van der Waals surface area contributed by atoms with Crippen LogP contribution in [0.1, 0.15) is 0 Å². The molecular formula is C16H22N8O3S. The number of hydrogen-bond acceptors (Lipinski definition) is 11. The summed E-state index contributed by atoms with van der Waals surface area (Å²) in [6, 6.07) is 1.81. The highest BCUT2D eigenvalue weighted by Crippen LogP contribution is 2.18. The van der Waals surface area contributed by atoms with Crippen molar-refractivity contribution in [1.82, 2.24) is 29.9 Å². The maximum Gasteiger partial charge on any atom is 0.182 e. The van der Waals surface area contributed by atoms with Crippen LogP contribution < -0.4 is 11.1 Å². The van der Waals surface area contributed by atoms with Crippen LogP contribution in [0.4, 0.5) is 11.6 Å². The third kappa shape index (κ3) is 5.48. The van der Waals surface area contributed by atoms with Gasteiger partial charge in [-0.25, -0.2) is 24.9 Å². The molecule has 28 heavy (non-hydrogen) atoms. The minimum atomic E-state index is -0.757. The molecule has 1 fully saturated rings. The second kappa shape index (κ2) is 10.1. The van der Waals surface area contributed by atoms with Crippen LogP contribution in [0.25, 0.3) is 11.2 Å². The third-order valence-electron chi connectivity index (χ3n) is 3.93. The number of ether oxygens (including phenoxy) is 1. The van der Waals surface area contributed by atoms with E-state index < -0.39 is 12.2 Å². The Morgan fingerprint density at radius 2 is 2.14 bits per heavy atom. The monoisotopic (exact) mass is 406 g/mol. The van der Waals surface area contributed by atoms with Gasteiger partial charge in [-0.3, -0.25) is 0 Å². The lowest BCUT2D eigenvalue weighted by molar-refractivity contribution is 0.0337. The van der Waals surface area contributed by atoms with Gasteiger partial charge in [-0.15, -0.1) is 0 Å². The van der Waals surface area contributed by atoms with E-state index in [0.717, 1.165) is 18.1 Å². The van der Waals surface area contributed by atoms with Gasteiger partial charge in [0.2, 0.25) is 0 Å². The summed E-state index contributed by atoms with van der Waals surface area (Å²) in [6.45, 7) is 1.01. The number of thioether (sulfide) groups is 1. The fourth-order valence-corrected chi connectivity index (χ4v) is 3.38. The van der Waals surface area contributed by atoms with Gasteiger partial charge in [0.25, 0.3) is 0 Å². The number of anilines is 2. The van der Waals surface area contributed by atoms with Crippen LogP contribution in [-0.2, 0) is 4.74 Å². The number of hydrogen-bond donors (Lipinski definition) is 5. The number of rotatable bonds is 6. The lowest BCUT2D eigenvalue weighted by Crippen LogP contribution is -2.31. The molecule has 1 aliphatic rings. The fraction of sp³-hybridized carbons (Fsp3) is 0.438. The van der Waals surface area contributed by atoms with Crippen molar-refractivity contribution in [3.8, 4) is 0 Å². The van der Waals surface area contributed by atoms with Gasteiger partial charge in [-0.2, -0.15) is 11.8 Å². The highest BCUT2D eigenvalue weighted by Gasteiger charge is 2.33. The Balaban J connectivity index is 0.000000188. The van der Waals surface area contributed by atoms with E-state index in [1.54, 1.807) is 18.0 Å². The quantitative estimate of drug-likeness (QED) is 0.340. The number of nitrogens with two attached hydrogens (primary N) is 1. The van der Waals surface area contributed by atoms with E-state index in [-0.39, 0.29) is 12.7 Å². The lowest BCUT2D eigenvalue weighted by Gasteiger charge is -2.14. The van der Waals surface area contributed by atoms with Gasteiger partial charge in [0.1, 0.15) is 36.2 Å². The van der Waals surface area contributed by atoms with E-state index in [9.17, 15) is 10.2 Å². The molecule has 1 aliphatic heterocycles. The molecule has 12 heteroatoms. The lowest BCUT2D eigenvalue weighted by atomic mass is 10.2. The Bertz CT molecular complexity index is 852. The van der Waals surface area contributed by atoms with Crippen LogP contribution in [-0.4, -0.2) is 83.1 Å². The van der Waals surface area contributed by atoms with Crippen LogP contribution in [0.2, 0.25) is 0 Å². The van der Waals surface area contributed by atoms with Gasteiger partial charge in [-0.05, 0) is 6.07 Å². The first-order valence-corrected chi connectivity index (χ1v) is 9.75. The van der Waals surface area contributed by atoms with Gasteiger partial charge >= 0.3 is 0 Å². The average Bonchev–Trinajstić information content (AvgIpc) is 3.32. The number of aliphatic hydroxyl groups is 2. The van der Waals surface area contributed by atoms with Crippen molar-refractivity contribution in [3.63, 3.8) is 0 Å². The molecule has 0 aliphatic carbocycles. The number of aromatic nitrogens is 6. The molecule has 2 unspecified atom stereocenters. The Hall–Kier alpha value is -2.54. The Morgan fingerprint density at radius 3 is 2.86 bits per heavy atom. The van der Waals surface area contributed by atoms with Crippen molar-refractivity contribution < 1.29 is 14.9 Å². The Kier molecular flexibility index (Phi) is 7.31. The summed E-state index contributed by atoms with van der Waals surface area (Å²) in [7, 11) is 0. The van der Waals surface area contributed by atoms with Gasteiger partial charge in [0.15, 0.2) is 11.5 Å². The molecule has 3 aromatic heterocycles. The summed E-state index contributed by atoms with van der Waals surface area (Å²) in [5.74, 6) is 2.80. The zero-order chi connectivity index (χ0) is 19.8. The highest BCUT2D eigenvalue weighted by atomic mass is 32.2. The first-order valence-electron chi connectivity index (χ1n) is 8.60. The van der Waals surface area contributed by atoms with Crippen molar-refractivity contribution in [3.05, 3.63) is 31.2 Å². The van der Waals surface area contributed by atoms with Gasteiger partial charge < -0.3 is 31.0 Å². The molecule has 6 N–H and O–H groups in total. The maximum atomic E-state index is 9.57. The van der Waals surface area contributed by atoms with Gasteiger partial charge in [0.05, 0.1) is 19.0 Å². The second-order valence-corrected chi connectivity index (χ2v) is 7.04. The normalized spacial score (nSPS) is 21.3. The number of nitrogens with zero attached hydrogens (tertiary/aromatic N) is 5. The predicted octanol–water partition coefficient (Wildman–Crippen LogP) is -0.323. The molecule has 0 saturated carbocycles. The largest absolute Gasteiger partial charge is 0.388 e. The Labute approximate surface area is 165 Å². The van der Waals surface area contributed by atoms with E-state index in [0.29, 0.717) is 22.7 Å². The smallest absolute Gasteiger partial charge is 0.182 e. The molecule has 1 saturated heterocycles. The number of H-pyrrole nitrogens is 1. The van der Waals surface area contributed by atoms with Crippen LogP contribution in [0.5, 0.6) is 0 Å². The van der Waals surface area contributed by atoms with Crippen molar-refractivity contribution in [2.75, 3.05) is 35.7 Å². The van der Waals surface area contributed by atoms with Crippen molar-refractivity contribution in [2.45, 2.75) is 18.3 Å². The van der Waals surface area contributed by atoms with Crippen molar-refractivity contribution in [1.29, 1.82) is 0 Å². The molecule has 0 radical (unpaired) electrons. The molecule has 3 aromatic rings. The maximum absolute atomic E-state index is 9.57. The summed E-state index contributed by atoms with van der Waals surface area (Å²) in [4.78, 5) is 22.2. The average molecular weight is 406 g/mol. The predicted molar refractivity (Wildman–Crippen MR) is 106 cm³/mol. The van der Waals surface area contributed by atoms with Crippen LogP contribution in [0, 0.1) is 0 Å². The molecule has 150 valence electrons. The molecule has 0 amide bonds. The standard InChI is InChI=1S/C11H17N3O3S.C5H5N5/c15-8-5-17-9(11(8)16)6-18-4-3-13-10-1-2-12-7-14-10;6-4-3-5(9-1-7-3)10-2-8-4/h1-2,7-9,11,15-16H,3-6H2,(H,12,13,14);1-2H,(H3,6,7,8,9,10)/t8?,9-,11?;/m0./s1. The van der Waals surface area contributed by atoms with E-state index in [1.807, 2.05) is 6.07 Å².